The van der Waals surface area contributed by atoms with Crippen molar-refractivity contribution in [2.24, 2.45) is 0 Å². The van der Waals surface area contributed by atoms with Crippen molar-refractivity contribution in [2.45, 2.75) is 39.3 Å². The summed E-state index contributed by atoms with van der Waals surface area (Å²) < 4.78 is 53.9. The van der Waals surface area contributed by atoms with Gasteiger partial charge in [0.25, 0.3) is 18.8 Å². The van der Waals surface area contributed by atoms with Gasteiger partial charge in [-0.2, -0.15) is 5.10 Å². The highest BCUT2D eigenvalue weighted by atomic mass is 19.3. The molecule has 0 radical (unpaired) electrons. The summed E-state index contributed by atoms with van der Waals surface area (Å²) in [6, 6.07) is 7.08. The smallest absolute Gasteiger partial charge is 0.282 e. The minimum Gasteiger partial charge on any atom is -0.291 e. The van der Waals surface area contributed by atoms with Crippen molar-refractivity contribution in [3.05, 3.63) is 59.2 Å². The Balaban J connectivity index is 1.71. The Morgan fingerprint density at radius 1 is 1.14 bits per heavy atom. The Morgan fingerprint density at radius 3 is 2.55 bits per heavy atom. The van der Waals surface area contributed by atoms with Crippen LogP contribution in [0, 0.1) is 6.92 Å². The van der Waals surface area contributed by atoms with Crippen molar-refractivity contribution in [3.8, 4) is 0 Å². The molecule has 0 spiro atoms. The second kappa shape index (κ2) is 8.41. The molecule has 1 aromatic carbocycles. The van der Waals surface area contributed by atoms with E-state index < -0.39 is 36.2 Å². The van der Waals surface area contributed by atoms with Crippen LogP contribution in [0.1, 0.15) is 48.3 Å². The van der Waals surface area contributed by atoms with Gasteiger partial charge < -0.3 is 0 Å². The molecule has 1 N–H and O–H groups in total. The third kappa shape index (κ3) is 4.79. The van der Waals surface area contributed by atoms with Gasteiger partial charge in [0.15, 0.2) is 0 Å². The van der Waals surface area contributed by atoms with Gasteiger partial charge in [0.1, 0.15) is 23.8 Å². The summed E-state index contributed by atoms with van der Waals surface area (Å²) in [4.78, 5) is 16.3. The second-order valence-corrected chi connectivity index (χ2v) is 6.46. The Hall–Kier alpha value is -3.24. The lowest BCUT2D eigenvalue weighted by atomic mass is 10.1. The van der Waals surface area contributed by atoms with Crippen molar-refractivity contribution in [1.29, 1.82) is 0 Å². The summed E-state index contributed by atoms with van der Waals surface area (Å²) in [5.41, 5.74) is 0.488. The van der Waals surface area contributed by atoms with Crippen molar-refractivity contribution in [3.63, 3.8) is 0 Å². The van der Waals surface area contributed by atoms with Crippen molar-refractivity contribution in [1.82, 2.24) is 24.5 Å². The molecule has 0 aliphatic carbocycles. The lowest BCUT2D eigenvalue weighted by Gasteiger charge is -2.14. The zero-order valence-electron chi connectivity index (χ0n) is 15.6. The Bertz CT molecular complexity index is 1000. The highest BCUT2D eigenvalue weighted by Gasteiger charge is 2.27. The molecule has 0 fully saturated rings. The van der Waals surface area contributed by atoms with E-state index in [1.54, 1.807) is 0 Å². The molecule has 0 aliphatic heterocycles. The second-order valence-electron chi connectivity index (χ2n) is 6.46. The Kier molecular flexibility index (Phi) is 5.95. The summed E-state index contributed by atoms with van der Waals surface area (Å²) in [5, 5.41) is 9.95. The maximum absolute atomic E-state index is 13.1. The minimum atomic E-state index is -3.06. The topological polar surface area (TPSA) is 77.6 Å². The molecule has 0 saturated heterocycles. The van der Waals surface area contributed by atoms with Crippen molar-refractivity contribution < 1.29 is 22.4 Å². The molecule has 1 amide bonds. The van der Waals surface area contributed by atoms with Crippen LogP contribution in [0.5, 0.6) is 0 Å². The molecule has 0 bridgehead atoms. The molecular formula is C18H18F4N6O. The monoisotopic (exact) mass is 410 g/mol. The number of carbonyl (C=O) groups is 1. The number of hydrogen-bond acceptors (Lipinski definition) is 4. The lowest BCUT2D eigenvalue weighted by Crippen LogP contribution is -2.26. The van der Waals surface area contributed by atoms with Gasteiger partial charge in [0.05, 0.1) is 6.54 Å². The fourth-order valence-electron chi connectivity index (χ4n) is 2.76. The zero-order valence-corrected chi connectivity index (χ0v) is 15.6. The molecule has 0 saturated carbocycles. The first-order valence-electron chi connectivity index (χ1n) is 8.66. The van der Waals surface area contributed by atoms with Gasteiger partial charge in [-0.15, -0.1) is 5.10 Å². The van der Waals surface area contributed by atoms with Gasteiger partial charge >= 0.3 is 0 Å². The van der Waals surface area contributed by atoms with E-state index in [0.29, 0.717) is 17.3 Å². The maximum atomic E-state index is 13.1. The third-order valence-corrected chi connectivity index (χ3v) is 4.18. The predicted molar refractivity (Wildman–Crippen MR) is 95.8 cm³/mol. The van der Waals surface area contributed by atoms with Crippen LogP contribution < -0.4 is 5.32 Å². The summed E-state index contributed by atoms with van der Waals surface area (Å²) in [6.45, 7) is 3.65. The molecular weight excluding hydrogens is 392 g/mol. The van der Waals surface area contributed by atoms with E-state index in [9.17, 15) is 22.4 Å². The molecule has 29 heavy (non-hydrogen) atoms. The number of nitrogens with one attached hydrogen (secondary N) is 1. The van der Waals surface area contributed by atoms with Gasteiger partial charge in [-0.05, 0) is 25.5 Å². The predicted octanol–water partition coefficient (Wildman–Crippen LogP) is 3.91. The van der Waals surface area contributed by atoms with Gasteiger partial charge in [-0.25, -0.2) is 27.2 Å². The first-order valence-corrected chi connectivity index (χ1v) is 8.66. The molecule has 2 heterocycles. The van der Waals surface area contributed by atoms with Crippen LogP contribution >= 0.6 is 0 Å². The summed E-state index contributed by atoms with van der Waals surface area (Å²) in [7, 11) is 0. The Labute approximate surface area is 163 Å². The fraction of sp³-hybridized carbons (Fsp3) is 0.333. The average molecular weight is 410 g/mol. The molecule has 154 valence electrons. The van der Waals surface area contributed by atoms with Crippen LogP contribution in [0.15, 0.2) is 36.7 Å². The first-order chi connectivity index (χ1) is 13.7. The van der Waals surface area contributed by atoms with Gasteiger partial charge in [0, 0.05) is 0 Å². The Morgan fingerprint density at radius 2 is 1.90 bits per heavy atom. The van der Waals surface area contributed by atoms with Crippen LogP contribution in [0.25, 0.3) is 0 Å². The molecule has 3 aromatic rings. The van der Waals surface area contributed by atoms with E-state index in [-0.39, 0.29) is 5.95 Å². The minimum absolute atomic E-state index is 0.0330. The highest BCUT2D eigenvalue weighted by Crippen LogP contribution is 2.27. The van der Waals surface area contributed by atoms with Crippen LogP contribution in [0.4, 0.5) is 23.5 Å². The molecule has 1 unspecified atom stereocenters. The van der Waals surface area contributed by atoms with E-state index in [2.05, 4.69) is 20.5 Å². The van der Waals surface area contributed by atoms with Crippen LogP contribution in [-0.4, -0.2) is 30.5 Å². The quantitative estimate of drug-likeness (QED) is 0.599. The normalized spacial score (nSPS) is 12.6. The average Bonchev–Trinajstić information content (AvgIpc) is 3.28. The van der Waals surface area contributed by atoms with Crippen molar-refractivity contribution in [2.75, 3.05) is 5.32 Å². The summed E-state index contributed by atoms with van der Waals surface area (Å²) >= 11 is 0. The highest BCUT2D eigenvalue weighted by molar-refractivity contribution is 5.91. The van der Waals surface area contributed by atoms with E-state index >= 15 is 0 Å². The largest absolute Gasteiger partial charge is 0.291 e. The summed E-state index contributed by atoms with van der Waals surface area (Å²) in [6.07, 6.45) is -4.67. The molecule has 7 nitrogen and oxygen atoms in total. The number of hydrogen-bond donors (Lipinski definition) is 1. The lowest BCUT2D eigenvalue weighted by molar-refractivity contribution is -0.119. The van der Waals surface area contributed by atoms with E-state index in [4.69, 9.17) is 0 Å². The number of halogens is 4. The van der Waals surface area contributed by atoms with Gasteiger partial charge in [0.2, 0.25) is 5.95 Å². The van der Waals surface area contributed by atoms with Crippen LogP contribution in [0.3, 0.4) is 0 Å². The molecule has 0 aliphatic rings. The molecule has 11 heteroatoms. The third-order valence-electron chi connectivity index (χ3n) is 4.18. The summed E-state index contributed by atoms with van der Waals surface area (Å²) in [5.74, 6) is -0.793. The number of carbonyl (C=O) groups excluding carboxylic acids is 1. The molecule has 1 atom stereocenters. The van der Waals surface area contributed by atoms with E-state index in [0.717, 1.165) is 11.1 Å². The van der Waals surface area contributed by atoms with E-state index in [1.165, 1.54) is 17.9 Å². The number of anilines is 1. The number of amides is 1. The van der Waals surface area contributed by atoms with Crippen LogP contribution in [-0.2, 0) is 11.3 Å². The maximum Gasteiger partial charge on any atom is 0.282 e. The number of rotatable bonds is 7. The van der Waals surface area contributed by atoms with Gasteiger partial charge in [-0.3, -0.25) is 14.8 Å². The first kappa shape index (κ1) is 20.5. The van der Waals surface area contributed by atoms with Crippen molar-refractivity contribution >= 4 is 11.9 Å². The zero-order chi connectivity index (χ0) is 21.1. The molecule has 3 rings (SSSR count). The fourth-order valence-corrected chi connectivity index (χ4v) is 2.76. The van der Waals surface area contributed by atoms with Crippen LogP contribution in [0.2, 0.25) is 0 Å². The number of benzene rings is 1. The van der Waals surface area contributed by atoms with E-state index in [1.807, 2.05) is 31.2 Å². The standard InChI is InChI=1S/C18H18F4N6O/c1-10-4-3-5-12(6-10)8-27-9-23-18(26-27)24-17(29)11(2)28-14(16(21)22)7-13(25-28)15(19)20/h3-7,9,11,15-16H,8H2,1-2H3,(H,24,26,29). The number of aromatic nitrogens is 5. The number of nitrogens with zero attached hydrogens (tertiary/aromatic N) is 5. The number of alkyl halides is 4. The SMILES string of the molecule is Cc1cccc(Cn2cnc(NC(=O)C(C)n3nc(C(F)F)cc3C(F)F)n2)c1. The molecule has 2 aromatic heterocycles. The van der Waals surface area contributed by atoms with Gasteiger partial charge in [-0.1, -0.05) is 29.8 Å². The number of aryl methyl sites for hydroxylation is 1.